The van der Waals surface area contributed by atoms with E-state index in [2.05, 4.69) is 15.4 Å². The van der Waals surface area contributed by atoms with Crippen molar-refractivity contribution in [2.45, 2.75) is 26.5 Å². The molecule has 0 aliphatic carbocycles. The van der Waals surface area contributed by atoms with Crippen molar-refractivity contribution in [2.75, 3.05) is 19.7 Å². The zero-order valence-electron chi connectivity index (χ0n) is 8.66. The van der Waals surface area contributed by atoms with E-state index in [1.54, 1.807) is 0 Å². The first-order chi connectivity index (χ1) is 6.75. The van der Waals surface area contributed by atoms with Gasteiger partial charge in [0.2, 0.25) is 0 Å². The summed E-state index contributed by atoms with van der Waals surface area (Å²) < 4.78 is 7.49. The Kier molecular flexibility index (Phi) is 2.79. The van der Waals surface area contributed by atoms with E-state index in [0.717, 1.165) is 37.9 Å². The Bertz CT molecular complexity index is 306. The maximum Gasteiger partial charge on any atom is 0.147 e. The molecule has 0 amide bonds. The van der Waals surface area contributed by atoms with Gasteiger partial charge in [-0.2, -0.15) is 5.10 Å². The van der Waals surface area contributed by atoms with Crippen molar-refractivity contribution in [1.82, 2.24) is 20.1 Å². The minimum absolute atomic E-state index is 0.403. The molecule has 2 heterocycles. The van der Waals surface area contributed by atoms with Crippen LogP contribution in [-0.2, 0) is 11.3 Å². The summed E-state index contributed by atoms with van der Waals surface area (Å²) in [7, 11) is 0. The maximum atomic E-state index is 5.60. The molecule has 5 nitrogen and oxygen atoms in total. The van der Waals surface area contributed by atoms with Gasteiger partial charge in [-0.1, -0.05) is 0 Å². The molecule has 1 aromatic heterocycles. The largest absolute Gasteiger partial charge is 0.374 e. The highest BCUT2D eigenvalue weighted by atomic mass is 16.5. The third-order valence-corrected chi connectivity index (χ3v) is 2.36. The quantitative estimate of drug-likeness (QED) is 0.729. The van der Waals surface area contributed by atoms with Gasteiger partial charge in [0.25, 0.3) is 0 Å². The van der Waals surface area contributed by atoms with Crippen LogP contribution in [0.25, 0.3) is 0 Å². The van der Waals surface area contributed by atoms with Crippen LogP contribution >= 0.6 is 0 Å². The molecule has 1 aliphatic heterocycles. The van der Waals surface area contributed by atoms with Gasteiger partial charge >= 0.3 is 0 Å². The fourth-order valence-electron chi connectivity index (χ4n) is 1.46. The van der Waals surface area contributed by atoms with Gasteiger partial charge in [0.05, 0.1) is 19.3 Å². The highest BCUT2D eigenvalue weighted by Crippen LogP contribution is 2.00. The SMILES string of the molecule is Cc1nc(C)n(CCOC2CNC2)n1. The van der Waals surface area contributed by atoms with Gasteiger partial charge in [-0.05, 0) is 13.8 Å². The lowest BCUT2D eigenvalue weighted by molar-refractivity contribution is 0.0134. The molecule has 1 aliphatic rings. The summed E-state index contributed by atoms with van der Waals surface area (Å²) >= 11 is 0. The van der Waals surface area contributed by atoms with Crippen molar-refractivity contribution in [1.29, 1.82) is 0 Å². The first-order valence-corrected chi connectivity index (χ1v) is 4.96. The molecule has 0 saturated carbocycles. The lowest BCUT2D eigenvalue weighted by Gasteiger charge is -2.27. The van der Waals surface area contributed by atoms with Crippen LogP contribution in [-0.4, -0.2) is 40.6 Å². The van der Waals surface area contributed by atoms with Crippen LogP contribution in [0.3, 0.4) is 0 Å². The predicted octanol–water partition coefficient (Wildman–Crippen LogP) is -0.117. The van der Waals surface area contributed by atoms with E-state index >= 15 is 0 Å². The molecule has 0 atom stereocenters. The van der Waals surface area contributed by atoms with Crippen molar-refractivity contribution in [3.63, 3.8) is 0 Å². The van der Waals surface area contributed by atoms with Crippen molar-refractivity contribution in [3.05, 3.63) is 11.6 Å². The molecule has 14 heavy (non-hydrogen) atoms. The average molecular weight is 196 g/mol. The summed E-state index contributed by atoms with van der Waals surface area (Å²) in [5.41, 5.74) is 0. The average Bonchev–Trinajstić information content (AvgIpc) is 2.36. The second kappa shape index (κ2) is 4.06. The van der Waals surface area contributed by atoms with Crippen LogP contribution in [0, 0.1) is 13.8 Å². The van der Waals surface area contributed by atoms with E-state index in [9.17, 15) is 0 Å². The zero-order chi connectivity index (χ0) is 9.97. The smallest absolute Gasteiger partial charge is 0.147 e. The molecule has 5 heteroatoms. The van der Waals surface area contributed by atoms with Gasteiger partial charge in [-0.15, -0.1) is 0 Å². The number of aromatic nitrogens is 3. The summed E-state index contributed by atoms with van der Waals surface area (Å²) in [4.78, 5) is 4.23. The standard InChI is InChI=1S/C9H16N4O/c1-7-11-8(2)13(12-7)3-4-14-9-5-10-6-9/h9-10H,3-6H2,1-2H3. The number of rotatable bonds is 4. The number of hydrogen-bond acceptors (Lipinski definition) is 4. The molecule has 2 rings (SSSR count). The fourth-order valence-corrected chi connectivity index (χ4v) is 1.46. The van der Waals surface area contributed by atoms with E-state index in [1.165, 1.54) is 0 Å². The lowest BCUT2D eigenvalue weighted by atomic mass is 10.2. The number of hydrogen-bond donors (Lipinski definition) is 1. The summed E-state index contributed by atoms with van der Waals surface area (Å²) in [5.74, 6) is 1.78. The normalized spacial score (nSPS) is 17.0. The highest BCUT2D eigenvalue weighted by Gasteiger charge is 2.16. The number of ether oxygens (including phenoxy) is 1. The van der Waals surface area contributed by atoms with Gasteiger partial charge in [-0.25, -0.2) is 9.67 Å². The van der Waals surface area contributed by atoms with Gasteiger partial charge in [-0.3, -0.25) is 0 Å². The Hall–Kier alpha value is -0.940. The minimum atomic E-state index is 0.403. The molecule has 78 valence electrons. The Morgan fingerprint density at radius 2 is 2.29 bits per heavy atom. The van der Waals surface area contributed by atoms with Crippen LogP contribution in [0.5, 0.6) is 0 Å². The highest BCUT2D eigenvalue weighted by molar-refractivity contribution is 4.87. The molecule has 0 bridgehead atoms. The van der Waals surface area contributed by atoms with Crippen molar-refractivity contribution >= 4 is 0 Å². The third kappa shape index (κ3) is 2.10. The Labute approximate surface area is 83.5 Å². The molecular weight excluding hydrogens is 180 g/mol. The monoisotopic (exact) mass is 196 g/mol. The second-order valence-corrected chi connectivity index (χ2v) is 3.58. The molecule has 1 fully saturated rings. The Balaban J connectivity index is 1.76. The first-order valence-electron chi connectivity index (χ1n) is 4.96. The van der Waals surface area contributed by atoms with Crippen molar-refractivity contribution < 1.29 is 4.74 Å². The molecule has 1 saturated heterocycles. The lowest BCUT2D eigenvalue weighted by Crippen LogP contribution is -2.48. The van der Waals surface area contributed by atoms with Crippen LogP contribution in [0.1, 0.15) is 11.6 Å². The van der Waals surface area contributed by atoms with Crippen molar-refractivity contribution in [2.24, 2.45) is 0 Å². The second-order valence-electron chi connectivity index (χ2n) is 3.58. The number of aryl methyl sites for hydroxylation is 2. The summed E-state index contributed by atoms with van der Waals surface area (Å²) in [6.07, 6.45) is 0.403. The van der Waals surface area contributed by atoms with Gasteiger partial charge in [0.1, 0.15) is 11.6 Å². The first kappa shape index (κ1) is 9.61. The van der Waals surface area contributed by atoms with Gasteiger partial charge in [0.15, 0.2) is 0 Å². The predicted molar refractivity (Wildman–Crippen MR) is 52.1 cm³/mol. The van der Waals surface area contributed by atoms with Crippen LogP contribution < -0.4 is 5.32 Å². The molecule has 0 unspecified atom stereocenters. The topological polar surface area (TPSA) is 52.0 Å². The zero-order valence-corrected chi connectivity index (χ0v) is 8.66. The fraction of sp³-hybridized carbons (Fsp3) is 0.778. The number of nitrogens with one attached hydrogen (secondary N) is 1. The Morgan fingerprint density at radius 1 is 1.50 bits per heavy atom. The summed E-state index contributed by atoms with van der Waals surface area (Å²) in [5, 5.41) is 7.43. The molecule has 0 aromatic carbocycles. The summed E-state index contributed by atoms with van der Waals surface area (Å²) in [6, 6.07) is 0. The van der Waals surface area contributed by atoms with E-state index in [4.69, 9.17) is 4.74 Å². The minimum Gasteiger partial charge on any atom is -0.374 e. The van der Waals surface area contributed by atoms with E-state index in [1.807, 2.05) is 18.5 Å². The Morgan fingerprint density at radius 3 is 2.79 bits per heavy atom. The summed E-state index contributed by atoms with van der Waals surface area (Å²) in [6.45, 7) is 7.34. The molecule has 1 aromatic rings. The molecule has 1 N–H and O–H groups in total. The van der Waals surface area contributed by atoms with E-state index < -0.39 is 0 Å². The van der Waals surface area contributed by atoms with Crippen LogP contribution in [0.2, 0.25) is 0 Å². The molecule has 0 radical (unpaired) electrons. The number of nitrogens with zero attached hydrogens (tertiary/aromatic N) is 3. The molecular formula is C9H16N4O. The maximum absolute atomic E-state index is 5.60. The third-order valence-electron chi connectivity index (χ3n) is 2.36. The van der Waals surface area contributed by atoms with Crippen LogP contribution in [0.15, 0.2) is 0 Å². The van der Waals surface area contributed by atoms with Crippen LogP contribution in [0.4, 0.5) is 0 Å². The van der Waals surface area contributed by atoms with E-state index in [0.29, 0.717) is 6.10 Å². The van der Waals surface area contributed by atoms with Crippen molar-refractivity contribution in [3.8, 4) is 0 Å². The van der Waals surface area contributed by atoms with Gasteiger partial charge in [0, 0.05) is 13.1 Å². The van der Waals surface area contributed by atoms with Gasteiger partial charge < -0.3 is 10.1 Å². The van der Waals surface area contributed by atoms with E-state index in [-0.39, 0.29) is 0 Å². The molecule has 0 spiro atoms.